The molecule has 5 heteroatoms. The molecule has 1 saturated heterocycles. The minimum absolute atomic E-state index is 0.00402. The Bertz CT molecular complexity index is 540. The molecule has 2 aliphatic rings. The predicted molar refractivity (Wildman–Crippen MR) is 74.2 cm³/mol. The third-order valence-corrected chi connectivity index (χ3v) is 3.83. The van der Waals surface area contributed by atoms with E-state index in [0.717, 1.165) is 24.1 Å². The number of para-hydroxylation sites is 1. The number of benzene rings is 1. The molecule has 1 aromatic rings. The minimum Gasteiger partial charge on any atom is -0.380 e. The number of carbonyl (C=O) groups excluding carboxylic acids is 2. The summed E-state index contributed by atoms with van der Waals surface area (Å²) in [5.74, 6) is 0.216. The van der Waals surface area contributed by atoms with Gasteiger partial charge in [0.25, 0.3) is 0 Å². The van der Waals surface area contributed by atoms with E-state index >= 15 is 0 Å². The normalized spacial score (nSPS) is 22.9. The number of hydrogen-bond donors (Lipinski definition) is 1. The molecule has 0 bridgehead atoms. The highest BCUT2D eigenvalue weighted by atomic mass is 16.5. The number of ether oxygens (including phenoxy) is 1. The lowest BCUT2D eigenvalue weighted by Crippen LogP contribution is -2.59. The van der Waals surface area contributed by atoms with Crippen LogP contribution in [0.3, 0.4) is 0 Å². The van der Waals surface area contributed by atoms with Gasteiger partial charge < -0.3 is 15.0 Å². The molecule has 1 saturated carbocycles. The van der Waals surface area contributed by atoms with E-state index < -0.39 is 0 Å². The van der Waals surface area contributed by atoms with Crippen LogP contribution in [0.25, 0.3) is 0 Å². The summed E-state index contributed by atoms with van der Waals surface area (Å²) in [5, 5.41) is 2.82. The Morgan fingerprint density at radius 1 is 1.30 bits per heavy atom. The van der Waals surface area contributed by atoms with Crippen molar-refractivity contribution in [1.29, 1.82) is 0 Å². The number of nitrogens with zero attached hydrogens (tertiary/aromatic N) is 1. The SMILES string of the molecule is COCc1ccccc1N1CC(=O)NC(C2CC2)C1=O. The number of amides is 2. The molecule has 1 aromatic carbocycles. The summed E-state index contributed by atoms with van der Waals surface area (Å²) in [7, 11) is 1.62. The van der Waals surface area contributed by atoms with Crippen molar-refractivity contribution in [2.75, 3.05) is 18.6 Å². The Morgan fingerprint density at radius 3 is 2.75 bits per heavy atom. The van der Waals surface area contributed by atoms with Gasteiger partial charge in [0.1, 0.15) is 12.6 Å². The van der Waals surface area contributed by atoms with E-state index in [1.54, 1.807) is 12.0 Å². The van der Waals surface area contributed by atoms with E-state index in [-0.39, 0.29) is 24.4 Å². The molecule has 1 heterocycles. The molecule has 0 spiro atoms. The monoisotopic (exact) mass is 274 g/mol. The maximum absolute atomic E-state index is 12.6. The quantitative estimate of drug-likeness (QED) is 0.893. The zero-order chi connectivity index (χ0) is 14.1. The van der Waals surface area contributed by atoms with E-state index in [1.807, 2.05) is 24.3 Å². The zero-order valence-corrected chi connectivity index (χ0v) is 11.5. The molecule has 106 valence electrons. The summed E-state index contributed by atoms with van der Waals surface area (Å²) < 4.78 is 5.17. The van der Waals surface area contributed by atoms with Crippen LogP contribution in [0.4, 0.5) is 5.69 Å². The van der Waals surface area contributed by atoms with Gasteiger partial charge in [0.05, 0.1) is 6.61 Å². The van der Waals surface area contributed by atoms with Crippen molar-refractivity contribution in [3.8, 4) is 0 Å². The lowest BCUT2D eigenvalue weighted by Gasteiger charge is -2.33. The summed E-state index contributed by atoms with van der Waals surface area (Å²) >= 11 is 0. The molecular formula is C15H18N2O3. The maximum atomic E-state index is 12.6. The minimum atomic E-state index is -0.355. The third kappa shape index (κ3) is 2.41. The summed E-state index contributed by atoms with van der Waals surface area (Å²) in [4.78, 5) is 26.0. The Balaban J connectivity index is 1.91. The third-order valence-electron chi connectivity index (χ3n) is 3.83. The fourth-order valence-corrected chi connectivity index (χ4v) is 2.67. The van der Waals surface area contributed by atoms with Crippen molar-refractivity contribution in [3.05, 3.63) is 29.8 Å². The van der Waals surface area contributed by atoms with Gasteiger partial charge in [-0.2, -0.15) is 0 Å². The van der Waals surface area contributed by atoms with Gasteiger partial charge in [-0.3, -0.25) is 9.59 Å². The average molecular weight is 274 g/mol. The second-order valence-corrected chi connectivity index (χ2v) is 5.37. The molecule has 1 aliphatic heterocycles. The molecule has 20 heavy (non-hydrogen) atoms. The van der Waals surface area contributed by atoms with E-state index in [2.05, 4.69) is 5.32 Å². The van der Waals surface area contributed by atoms with Crippen molar-refractivity contribution in [2.24, 2.45) is 5.92 Å². The van der Waals surface area contributed by atoms with E-state index in [0.29, 0.717) is 12.5 Å². The highest BCUT2D eigenvalue weighted by Gasteiger charge is 2.43. The predicted octanol–water partition coefficient (Wildman–Crippen LogP) is 1.07. The van der Waals surface area contributed by atoms with Crippen LogP contribution >= 0.6 is 0 Å². The van der Waals surface area contributed by atoms with Crippen LogP contribution in [0, 0.1) is 5.92 Å². The standard InChI is InChI=1S/C15H18N2O3/c1-20-9-11-4-2-3-5-12(11)17-8-13(18)16-14(15(17)19)10-6-7-10/h2-5,10,14H,6-9H2,1H3,(H,16,18). The fourth-order valence-electron chi connectivity index (χ4n) is 2.67. The van der Waals surface area contributed by atoms with Crippen molar-refractivity contribution < 1.29 is 14.3 Å². The maximum Gasteiger partial charge on any atom is 0.250 e. The van der Waals surface area contributed by atoms with E-state index in [1.165, 1.54) is 0 Å². The first-order valence-electron chi connectivity index (χ1n) is 6.88. The zero-order valence-electron chi connectivity index (χ0n) is 11.5. The van der Waals surface area contributed by atoms with Crippen molar-refractivity contribution in [1.82, 2.24) is 5.32 Å². The van der Waals surface area contributed by atoms with Crippen LogP contribution in [-0.4, -0.2) is 31.5 Å². The smallest absolute Gasteiger partial charge is 0.250 e. The lowest BCUT2D eigenvalue weighted by atomic mass is 10.1. The van der Waals surface area contributed by atoms with Gasteiger partial charge in [-0.1, -0.05) is 18.2 Å². The average Bonchev–Trinajstić information content (AvgIpc) is 3.27. The molecule has 2 amide bonds. The molecule has 0 radical (unpaired) electrons. The summed E-state index contributed by atoms with van der Waals surface area (Å²) in [6.07, 6.45) is 2.04. The highest BCUT2D eigenvalue weighted by molar-refractivity contribution is 6.07. The van der Waals surface area contributed by atoms with Gasteiger partial charge in [-0.15, -0.1) is 0 Å². The van der Waals surface area contributed by atoms with Gasteiger partial charge in [0.15, 0.2) is 0 Å². The van der Waals surface area contributed by atoms with Crippen molar-refractivity contribution in [2.45, 2.75) is 25.5 Å². The Hall–Kier alpha value is -1.88. The summed E-state index contributed by atoms with van der Waals surface area (Å²) in [6.45, 7) is 0.512. The molecular weight excluding hydrogens is 256 g/mol. The molecule has 1 unspecified atom stereocenters. The number of rotatable bonds is 4. The molecule has 5 nitrogen and oxygen atoms in total. The number of anilines is 1. The van der Waals surface area contributed by atoms with Crippen molar-refractivity contribution in [3.63, 3.8) is 0 Å². The van der Waals surface area contributed by atoms with E-state index in [4.69, 9.17) is 4.74 Å². The molecule has 0 aromatic heterocycles. The number of carbonyl (C=O) groups is 2. The second-order valence-electron chi connectivity index (χ2n) is 5.37. The second kappa shape index (κ2) is 5.25. The van der Waals surface area contributed by atoms with Gasteiger partial charge >= 0.3 is 0 Å². The number of piperazine rings is 1. The highest BCUT2D eigenvalue weighted by Crippen LogP contribution is 2.35. The van der Waals surface area contributed by atoms with Gasteiger partial charge in [0, 0.05) is 18.4 Å². The van der Waals surface area contributed by atoms with Crippen LogP contribution in [-0.2, 0) is 20.9 Å². The van der Waals surface area contributed by atoms with Crippen LogP contribution in [0.2, 0.25) is 0 Å². The number of hydrogen-bond acceptors (Lipinski definition) is 3. The summed E-state index contributed by atoms with van der Waals surface area (Å²) in [6, 6.07) is 7.22. The van der Waals surface area contributed by atoms with Crippen LogP contribution < -0.4 is 10.2 Å². The van der Waals surface area contributed by atoms with Gasteiger partial charge in [-0.25, -0.2) is 0 Å². The molecule has 3 rings (SSSR count). The molecule has 1 atom stereocenters. The van der Waals surface area contributed by atoms with Crippen LogP contribution in [0.1, 0.15) is 18.4 Å². The van der Waals surface area contributed by atoms with Gasteiger partial charge in [0.2, 0.25) is 11.8 Å². The molecule has 1 aliphatic carbocycles. The lowest BCUT2D eigenvalue weighted by molar-refractivity contribution is -0.131. The van der Waals surface area contributed by atoms with Crippen LogP contribution in [0.15, 0.2) is 24.3 Å². The van der Waals surface area contributed by atoms with Gasteiger partial charge in [-0.05, 0) is 24.8 Å². The first-order chi connectivity index (χ1) is 9.70. The molecule has 2 fully saturated rings. The first kappa shape index (κ1) is 13.1. The Morgan fingerprint density at radius 2 is 2.05 bits per heavy atom. The number of nitrogens with one attached hydrogen (secondary N) is 1. The largest absolute Gasteiger partial charge is 0.380 e. The Labute approximate surface area is 117 Å². The topological polar surface area (TPSA) is 58.6 Å². The Kier molecular flexibility index (Phi) is 3.44. The molecule has 1 N–H and O–H groups in total. The first-order valence-corrected chi connectivity index (χ1v) is 6.88. The van der Waals surface area contributed by atoms with Crippen LogP contribution in [0.5, 0.6) is 0 Å². The van der Waals surface area contributed by atoms with E-state index in [9.17, 15) is 9.59 Å². The number of methoxy groups -OCH3 is 1. The fraction of sp³-hybridized carbons (Fsp3) is 0.467. The van der Waals surface area contributed by atoms with Crippen molar-refractivity contribution >= 4 is 17.5 Å². The summed E-state index contributed by atoms with van der Waals surface area (Å²) in [5.41, 5.74) is 1.70.